The number of fused-ring (bicyclic) bond motifs is 1. The van der Waals surface area contributed by atoms with Gasteiger partial charge in [-0.2, -0.15) is 0 Å². The van der Waals surface area contributed by atoms with Crippen molar-refractivity contribution >= 4 is 22.8 Å². The standard InChI is InChI=1S/C20H19NO4/c1-15-13-17-9-5-6-10-18(17)21(15)14-19(22)24-11-12-25-20(23)16-7-3-2-4-8-16/h2-10,13H,11-12,14H2,1H3. The fourth-order valence-electron chi connectivity index (χ4n) is 2.68. The Hall–Kier alpha value is -3.08. The summed E-state index contributed by atoms with van der Waals surface area (Å²) in [5.41, 5.74) is 2.46. The Bertz CT molecular complexity index is 883. The number of para-hydroxylation sites is 1. The molecule has 25 heavy (non-hydrogen) atoms. The van der Waals surface area contributed by atoms with Gasteiger partial charge < -0.3 is 14.0 Å². The molecule has 0 unspecified atom stereocenters. The van der Waals surface area contributed by atoms with Crippen LogP contribution in [-0.2, 0) is 20.8 Å². The molecule has 0 amide bonds. The van der Waals surface area contributed by atoms with Crippen LogP contribution >= 0.6 is 0 Å². The summed E-state index contributed by atoms with van der Waals surface area (Å²) in [6, 6.07) is 18.6. The number of ether oxygens (including phenoxy) is 2. The van der Waals surface area contributed by atoms with Crippen LogP contribution in [0, 0.1) is 6.92 Å². The third-order valence-electron chi connectivity index (χ3n) is 3.89. The SMILES string of the molecule is Cc1cc2ccccc2n1CC(=O)OCCOC(=O)c1ccccc1. The molecule has 0 fully saturated rings. The van der Waals surface area contributed by atoms with Crippen molar-refractivity contribution in [1.29, 1.82) is 0 Å². The number of nitrogens with zero attached hydrogens (tertiary/aromatic N) is 1. The number of hydrogen-bond acceptors (Lipinski definition) is 4. The van der Waals surface area contributed by atoms with Crippen molar-refractivity contribution in [2.75, 3.05) is 13.2 Å². The van der Waals surface area contributed by atoms with E-state index in [9.17, 15) is 9.59 Å². The summed E-state index contributed by atoms with van der Waals surface area (Å²) in [7, 11) is 0. The highest BCUT2D eigenvalue weighted by atomic mass is 16.6. The van der Waals surface area contributed by atoms with Gasteiger partial charge in [0.25, 0.3) is 0 Å². The van der Waals surface area contributed by atoms with Crippen molar-refractivity contribution in [1.82, 2.24) is 4.57 Å². The summed E-state index contributed by atoms with van der Waals surface area (Å²) in [5, 5.41) is 1.09. The highest BCUT2D eigenvalue weighted by Crippen LogP contribution is 2.19. The van der Waals surface area contributed by atoms with Crippen molar-refractivity contribution in [3.63, 3.8) is 0 Å². The molecule has 0 saturated heterocycles. The molecule has 3 rings (SSSR count). The molecule has 0 radical (unpaired) electrons. The first-order valence-electron chi connectivity index (χ1n) is 8.08. The van der Waals surface area contributed by atoms with Crippen LogP contribution in [0.4, 0.5) is 0 Å². The summed E-state index contributed by atoms with van der Waals surface area (Å²) in [6.07, 6.45) is 0. The number of aromatic nitrogens is 1. The number of rotatable bonds is 6. The van der Waals surface area contributed by atoms with Gasteiger partial charge in [-0.25, -0.2) is 4.79 Å². The minimum absolute atomic E-state index is 0.0326. The second-order valence-electron chi connectivity index (χ2n) is 5.65. The van der Waals surface area contributed by atoms with Gasteiger partial charge in [-0.1, -0.05) is 36.4 Å². The lowest BCUT2D eigenvalue weighted by Gasteiger charge is -2.09. The lowest BCUT2D eigenvalue weighted by atomic mass is 10.2. The molecule has 5 heteroatoms. The Balaban J connectivity index is 1.48. The maximum atomic E-state index is 12.0. The topological polar surface area (TPSA) is 57.5 Å². The highest BCUT2D eigenvalue weighted by Gasteiger charge is 2.11. The molecular weight excluding hydrogens is 318 g/mol. The maximum Gasteiger partial charge on any atom is 0.338 e. The molecule has 0 bridgehead atoms. The molecule has 0 aliphatic rings. The summed E-state index contributed by atoms with van der Waals surface area (Å²) < 4.78 is 12.2. The van der Waals surface area contributed by atoms with Crippen LogP contribution in [0.25, 0.3) is 10.9 Å². The zero-order valence-electron chi connectivity index (χ0n) is 14.0. The summed E-state index contributed by atoms with van der Waals surface area (Å²) in [6.45, 7) is 2.15. The Labute approximate surface area is 145 Å². The van der Waals surface area contributed by atoms with E-state index in [2.05, 4.69) is 0 Å². The van der Waals surface area contributed by atoms with Gasteiger partial charge in [-0.3, -0.25) is 4.79 Å². The van der Waals surface area contributed by atoms with E-state index < -0.39 is 5.97 Å². The van der Waals surface area contributed by atoms with Gasteiger partial charge in [-0.05, 0) is 36.6 Å². The Morgan fingerprint density at radius 3 is 2.40 bits per heavy atom. The number of carbonyl (C=O) groups is 2. The molecule has 2 aromatic carbocycles. The van der Waals surface area contributed by atoms with Crippen LogP contribution < -0.4 is 0 Å². The van der Waals surface area contributed by atoms with Gasteiger partial charge in [0.15, 0.2) is 0 Å². The summed E-state index contributed by atoms with van der Waals surface area (Å²) in [4.78, 5) is 23.8. The average Bonchev–Trinajstić information content (AvgIpc) is 2.95. The molecule has 1 heterocycles. The highest BCUT2D eigenvalue weighted by molar-refractivity contribution is 5.89. The van der Waals surface area contributed by atoms with Crippen LogP contribution in [0.3, 0.4) is 0 Å². The van der Waals surface area contributed by atoms with Crippen LogP contribution in [0.1, 0.15) is 16.1 Å². The zero-order chi connectivity index (χ0) is 17.6. The minimum atomic E-state index is -0.427. The predicted octanol–water partition coefficient (Wildman–Crippen LogP) is 3.35. The van der Waals surface area contributed by atoms with E-state index in [0.717, 1.165) is 16.6 Å². The van der Waals surface area contributed by atoms with Gasteiger partial charge in [0.2, 0.25) is 0 Å². The maximum absolute atomic E-state index is 12.0. The quantitative estimate of drug-likeness (QED) is 0.511. The first-order valence-corrected chi connectivity index (χ1v) is 8.08. The van der Waals surface area contributed by atoms with Gasteiger partial charge in [0, 0.05) is 11.2 Å². The normalized spacial score (nSPS) is 10.6. The van der Waals surface area contributed by atoms with Gasteiger partial charge in [0.1, 0.15) is 19.8 Å². The molecule has 0 N–H and O–H groups in total. The van der Waals surface area contributed by atoms with Crippen LogP contribution in [0.2, 0.25) is 0 Å². The fraction of sp³-hybridized carbons (Fsp3) is 0.200. The van der Waals surface area contributed by atoms with E-state index in [1.165, 1.54) is 0 Å². The third kappa shape index (κ3) is 4.07. The smallest absolute Gasteiger partial charge is 0.338 e. The molecule has 1 aromatic heterocycles. The van der Waals surface area contributed by atoms with Crippen molar-refractivity contribution in [2.45, 2.75) is 13.5 Å². The summed E-state index contributed by atoms with van der Waals surface area (Å²) in [5.74, 6) is -0.788. The second kappa shape index (κ2) is 7.66. The third-order valence-corrected chi connectivity index (χ3v) is 3.89. The van der Waals surface area contributed by atoms with E-state index >= 15 is 0 Å². The molecule has 0 aliphatic carbocycles. The number of benzene rings is 2. The molecule has 5 nitrogen and oxygen atoms in total. The summed E-state index contributed by atoms with van der Waals surface area (Å²) >= 11 is 0. The largest absolute Gasteiger partial charge is 0.461 e. The van der Waals surface area contributed by atoms with E-state index in [-0.39, 0.29) is 25.7 Å². The zero-order valence-corrected chi connectivity index (χ0v) is 14.0. The predicted molar refractivity (Wildman–Crippen MR) is 94.4 cm³/mol. The van der Waals surface area contributed by atoms with Gasteiger partial charge >= 0.3 is 11.9 Å². The number of hydrogen-bond donors (Lipinski definition) is 0. The fourth-order valence-corrected chi connectivity index (χ4v) is 2.68. The first-order chi connectivity index (χ1) is 12.1. The van der Waals surface area contributed by atoms with E-state index in [0.29, 0.717) is 5.56 Å². The van der Waals surface area contributed by atoms with Crippen LogP contribution in [0.15, 0.2) is 60.7 Å². The van der Waals surface area contributed by atoms with E-state index in [1.807, 2.05) is 47.9 Å². The van der Waals surface area contributed by atoms with E-state index in [4.69, 9.17) is 9.47 Å². The molecule has 128 valence electrons. The first kappa shape index (κ1) is 16.8. The van der Waals surface area contributed by atoms with Crippen molar-refractivity contribution in [3.05, 3.63) is 71.9 Å². The minimum Gasteiger partial charge on any atom is -0.461 e. The van der Waals surface area contributed by atoms with E-state index in [1.54, 1.807) is 24.3 Å². The second-order valence-corrected chi connectivity index (χ2v) is 5.65. The molecule has 0 atom stereocenters. The number of carbonyl (C=O) groups excluding carboxylic acids is 2. The molecule has 3 aromatic rings. The van der Waals surface area contributed by atoms with Gasteiger partial charge in [0.05, 0.1) is 5.56 Å². The monoisotopic (exact) mass is 337 g/mol. The number of aryl methyl sites for hydroxylation is 1. The van der Waals surface area contributed by atoms with Gasteiger partial charge in [-0.15, -0.1) is 0 Å². The van der Waals surface area contributed by atoms with Crippen molar-refractivity contribution < 1.29 is 19.1 Å². The molecule has 0 spiro atoms. The molecular formula is C20H19NO4. The Kier molecular flexibility index (Phi) is 5.14. The van der Waals surface area contributed by atoms with Crippen molar-refractivity contribution in [2.24, 2.45) is 0 Å². The molecule has 0 aliphatic heterocycles. The van der Waals surface area contributed by atoms with Crippen LogP contribution in [-0.4, -0.2) is 29.7 Å². The van der Waals surface area contributed by atoms with Crippen molar-refractivity contribution in [3.8, 4) is 0 Å². The Morgan fingerprint density at radius 2 is 1.60 bits per heavy atom. The molecule has 0 saturated carbocycles. The Morgan fingerprint density at radius 1 is 0.920 bits per heavy atom. The lowest BCUT2D eigenvalue weighted by Crippen LogP contribution is -2.18. The lowest BCUT2D eigenvalue weighted by molar-refractivity contribution is -0.145. The van der Waals surface area contributed by atoms with Crippen LogP contribution in [0.5, 0.6) is 0 Å². The average molecular weight is 337 g/mol. The number of esters is 2.